The SMILES string of the molecule is CCN(C(=O)C(=O)Nc1ncn[nH]1)C1CCS(=O)(=O)C1. The summed E-state index contributed by atoms with van der Waals surface area (Å²) < 4.78 is 22.9. The molecule has 0 spiro atoms. The van der Waals surface area contributed by atoms with Crippen molar-refractivity contribution in [3.05, 3.63) is 6.33 Å². The third kappa shape index (κ3) is 3.13. The van der Waals surface area contributed by atoms with Crippen LogP contribution >= 0.6 is 0 Å². The van der Waals surface area contributed by atoms with Crippen LogP contribution in [0.3, 0.4) is 0 Å². The van der Waals surface area contributed by atoms with E-state index in [0.29, 0.717) is 6.42 Å². The number of carbonyl (C=O) groups is 2. The number of amides is 2. The van der Waals surface area contributed by atoms with E-state index in [1.807, 2.05) is 0 Å². The highest BCUT2D eigenvalue weighted by Gasteiger charge is 2.36. The predicted octanol–water partition coefficient (Wildman–Crippen LogP) is -1.22. The van der Waals surface area contributed by atoms with Crippen molar-refractivity contribution in [2.45, 2.75) is 19.4 Å². The van der Waals surface area contributed by atoms with E-state index in [1.54, 1.807) is 6.92 Å². The van der Waals surface area contributed by atoms with E-state index < -0.39 is 27.7 Å². The van der Waals surface area contributed by atoms with Crippen molar-refractivity contribution in [2.75, 3.05) is 23.4 Å². The van der Waals surface area contributed by atoms with E-state index in [9.17, 15) is 18.0 Å². The van der Waals surface area contributed by atoms with E-state index in [0.717, 1.165) is 0 Å². The summed E-state index contributed by atoms with van der Waals surface area (Å²) in [6.07, 6.45) is 1.55. The van der Waals surface area contributed by atoms with Crippen molar-refractivity contribution in [1.82, 2.24) is 20.1 Å². The Morgan fingerprint density at radius 1 is 1.55 bits per heavy atom. The molecule has 110 valence electrons. The highest BCUT2D eigenvalue weighted by atomic mass is 32.2. The summed E-state index contributed by atoms with van der Waals surface area (Å²) in [5, 5.41) is 8.22. The Kier molecular flexibility index (Phi) is 4.02. The van der Waals surface area contributed by atoms with Crippen LogP contribution in [0.2, 0.25) is 0 Å². The molecule has 2 amide bonds. The molecule has 1 aliphatic heterocycles. The second-order valence-electron chi connectivity index (χ2n) is 4.44. The van der Waals surface area contributed by atoms with Crippen molar-refractivity contribution in [1.29, 1.82) is 0 Å². The molecule has 1 fully saturated rings. The third-order valence-corrected chi connectivity index (χ3v) is 4.84. The van der Waals surface area contributed by atoms with E-state index in [-0.39, 0.29) is 24.0 Å². The summed E-state index contributed by atoms with van der Waals surface area (Å²) in [7, 11) is -3.11. The van der Waals surface area contributed by atoms with Crippen molar-refractivity contribution in [2.24, 2.45) is 0 Å². The van der Waals surface area contributed by atoms with Crippen molar-refractivity contribution in [3.8, 4) is 0 Å². The van der Waals surface area contributed by atoms with Crippen LogP contribution in [0.25, 0.3) is 0 Å². The minimum absolute atomic E-state index is 0.0468. The van der Waals surface area contributed by atoms with Gasteiger partial charge in [-0.15, -0.1) is 0 Å². The summed E-state index contributed by atoms with van der Waals surface area (Å²) in [6.45, 7) is 1.97. The molecule has 2 N–H and O–H groups in total. The number of aromatic nitrogens is 3. The number of hydrogen-bond acceptors (Lipinski definition) is 6. The van der Waals surface area contributed by atoms with Gasteiger partial charge in [0.15, 0.2) is 9.84 Å². The standard InChI is InChI=1S/C10H15N5O4S/c1-2-15(7-3-4-20(18,19)5-7)9(17)8(16)13-10-11-6-12-14-10/h6-7H,2-5H2,1H3,(H2,11,12,13,14,16). The predicted molar refractivity (Wildman–Crippen MR) is 69.5 cm³/mol. The summed E-state index contributed by atoms with van der Waals surface area (Å²) >= 11 is 0. The topological polar surface area (TPSA) is 125 Å². The fraction of sp³-hybridized carbons (Fsp3) is 0.600. The molecule has 9 nitrogen and oxygen atoms in total. The first-order chi connectivity index (χ1) is 9.43. The lowest BCUT2D eigenvalue weighted by molar-refractivity contribution is -0.144. The van der Waals surface area contributed by atoms with Gasteiger partial charge < -0.3 is 4.90 Å². The molecule has 2 heterocycles. The second kappa shape index (κ2) is 5.57. The number of anilines is 1. The van der Waals surface area contributed by atoms with Gasteiger partial charge in [-0.1, -0.05) is 0 Å². The van der Waals surface area contributed by atoms with Gasteiger partial charge in [0.2, 0.25) is 5.95 Å². The first kappa shape index (κ1) is 14.4. The van der Waals surface area contributed by atoms with E-state index >= 15 is 0 Å². The van der Waals surface area contributed by atoms with Gasteiger partial charge in [-0.2, -0.15) is 10.1 Å². The average molecular weight is 301 g/mol. The Labute approximate surface area is 115 Å². The fourth-order valence-corrected chi connectivity index (χ4v) is 3.88. The summed E-state index contributed by atoms with van der Waals surface area (Å²) in [5.41, 5.74) is 0. The molecule has 1 aromatic heterocycles. The second-order valence-corrected chi connectivity index (χ2v) is 6.66. The number of hydrogen-bond donors (Lipinski definition) is 2. The van der Waals surface area contributed by atoms with E-state index in [4.69, 9.17) is 0 Å². The zero-order valence-electron chi connectivity index (χ0n) is 10.9. The van der Waals surface area contributed by atoms with Gasteiger partial charge in [-0.3, -0.25) is 14.9 Å². The fourth-order valence-electron chi connectivity index (χ4n) is 2.15. The molecule has 2 rings (SSSR count). The quantitative estimate of drug-likeness (QED) is 0.674. The molecule has 1 aromatic rings. The first-order valence-corrected chi connectivity index (χ1v) is 7.93. The molecule has 0 aromatic carbocycles. The van der Waals surface area contributed by atoms with Crippen LogP contribution in [-0.2, 0) is 19.4 Å². The molecule has 0 bridgehead atoms. The van der Waals surface area contributed by atoms with Gasteiger partial charge in [0.25, 0.3) is 0 Å². The van der Waals surface area contributed by atoms with E-state index in [2.05, 4.69) is 20.5 Å². The third-order valence-electron chi connectivity index (χ3n) is 3.09. The molecular weight excluding hydrogens is 286 g/mol. The highest BCUT2D eigenvalue weighted by Crippen LogP contribution is 2.18. The molecule has 1 saturated heterocycles. The van der Waals surface area contributed by atoms with Gasteiger partial charge in [-0.25, -0.2) is 13.5 Å². The molecular formula is C10H15N5O4S. The summed E-state index contributed by atoms with van der Waals surface area (Å²) in [5.74, 6) is -1.62. The van der Waals surface area contributed by atoms with Crippen molar-refractivity contribution in [3.63, 3.8) is 0 Å². The van der Waals surface area contributed by atoms with Crippen LogP contribution in [0, 0.1) is 0 Å². The largest absolute Gasteiger partial charge is 0.331 e. The maximum Gasteiger partial charge on any atom is 0.316 e. The number of H-pyrrole nitrogens is 1. The van der Waals surface area contributed by atoms with Gasteiger partial charge in [-0.05, 0) is 13.3 Å². The lowest BCUT2D eigenvalue weighted by Crippen LogP contribution is -2.46. The number of aromatic amines is 1. The first-order valence-electron chi connectivity index (χ1n) is 6.10. The minimum atomic E-state index is -3.11. The van der Waals surface area contributed by atoms with Gasteiger partial charge in [0.1, 0.15) is 6.33 Å². The number of nitrogens with one attached hydrogen (secondary N) is 2. The monoisotopic (exact) mass is 301 g/mol. The zero-order chi connectivity index (χ0) is 14.8. The molecule has 0 radical (unpaired) electrons. The minimum Gasteiger partial charge on any atom is -0.331 e. The smallest absolute Gasteiger partial charge is 0.316 e. The van der Waals surface area contributed by atoms with Crippen LogP contribution in [0.5, 0.6) is 0 Å². The number of nitrogens with zero attached hydrogens (tertiary/aromatic N) is 3. The lowest BCUT2D eigenvalue weighted by Gasteiger charge is -2.25. The summed E-state index contributed by atoms with van der Waals surface area (Å²) in [6, 6.07) is -0.446. The molecule has 0 aliphatic carbocycles. The highest BCUT2D eigenvalue weighted by molar-refractivity contribution is 7.91. The average Bonchev–Trinajstić information content (AvgIpc) is 3.00. The maximum atomic E-state index is 12.1. The van der Waals surface area contributed by atoms with Crippen LogP contribution < -0.4 is 5.32 Å². The van der Waals surface area contributed by atoms with E-state index in [1.165, 1.54) is 11.2 Å². The van der Waals surface area contributed by atoms with Crippen LogP contribution in [0.1, 0.15) is 13.3 Å². The number of sulfone groups is 1. The van der Waals surface area contributed by atoms with Crippen LogP contribution in [-0.4, -0.2) is 64.4 Å². The van der Waals surface area contributed by atoms with Crippen LogP contribution in [0.15, 0.2) is 6.33 Å². The molecule has 0 saturated carbocycles. The van der Waals surface area contributed by atoms with Gasteiger partial charge >= 0.3 is 11.8 Å². The number of likely N-dealkylation sites (N-methyl/N-ethyl adjacent to an activating group) is 1. The molecule has 1 aliphatic rings. The number of rotatable bonds is 3. The Balaban J connectivity index is 2.04. The Bertz CT molecular complexity index is 597. The Morgan fingerprint density at radius 2 is 2.30 bits per heavy atom. The van der Waals surface area contributed by atoms with Crippen molar-refractivity contribution >= 4 is 27.6 Å². The Morgan fingerprint density at radius 3 is 2.80 bits per heavy atom. The summed E-state index contributed by atoms with van der Waals surface area (Å²) in [4.78, 5) is 28.8. The Hall–Kier alpha value is -1.97. The zero-order valence-corrected chi connectivity index (χ0v) is 11.7. The molecule has 20 heavy (non-hydrogen) atoms. The molecule has 1 atom stereocenters. The van der Waals surface area contributed by atoms with Crippen LogP contribution in [0.4, 0.5) is 5.95 Å². The maximum absolute atomic E-state index is 12.1. The number of carbonyl (C=O) groups excluding carboxylic acids is 2. The normalized spacial score (nSPS) is 20.6. The van der Waals surface area contributed by atoms with Gasteiger partial charge in [0, 0.05) is 12.6 Å². The van der Waals surface area contributed by atoms with Gasteiger partial charge in [0.05, 0.1) is 11.5 Å². The molecule has 1 unspecified atom stereocenters. The lowest BCUT2D eigenvalue weighted by atomic mass is 10.2. The van der Waals surface area contributed by atoms with Crippen molar-refractivity contribution < 1.29 is 18.0 Å². The molecule has 10 heteroatoms.